The highest BCUT2D eigenvalue weighted by atomic mass is 16.5. The topological polar surface area (TPSA) is 104 Å². The third-order valence-corrected chi connectivity index (χ3v) is 1.30. The van der Waals surface area contributed by atoms with Gasteiger partial charge in [0.05, 0.1) is 6.61 Å². The highest BCUT2D eigenvalue weighted by Gasteiger charge is 2.15. The van der Waals surface area contributed by atoms with Gasteiger partial charge in [0.2, 0.25) is 0 Å². The van der Waals surface area contributed by atoms with Crippen molar-refractivity contribution in [1.29, 1.82) is 0 Å². The van der Waals surface area contributed by atoms with Crippen molar-refractivity contribution in [1.82, 2.24) is 0 Å². The van der Waals surface area contributed by atoms with Crippen LogP contribution in [0.5, 0.6) is 0 Å². The molecule has 6 heteroatoms. The van der Waals surface area contributed by atoms with Gasteiger partial charge in [-0.3, -0.25) is 4.79 Å². The third kappa shape index (κ3) is 6.06. The van der Waals surface area contributed by atoms with Gasteiger partial charge in [0.15, 0.2) is 6.10 Å². The Kier molecular flexibility index (Phi) is 5.82. The van der Waals surface area contributed by atoms with E-state index in [9.17, 15) is 9.59 Å². The predicted molar refractivity (Wildman–Crippen MR) is 41.3 cm³/mol. The summed E-state index contributed by atoms with van der Waals surface area (Å²) in [5, 5.41) is 25.1. The quantitative estimate of drug-likeness (QED) is 0.461. The summed E-state index contributed by atoms with van der Waals surface area (Å²) in [5.41, 5.74) is 0. The molecule has 0 amide bonds. The van der Waals surface area contributed by atoms with Crippen LogP contribution in [0.25, 0.3) is 0 Å². The van der Waals surface area contributed by atoms with E-state index in [1.807, 2.05) is 0 Å². The Morgan fingerprint density at radius 3 is 2.31 bits per heavy atom. The summed E-state index contributed by atoms with van der Waals surface area (Å²) in [4.78, 5) is 20.3. The van der Waals surface area contributed by atoms with Gasteiger partial charge in [0.25, 0.3) is 0 Å². The molecule has 0 spiro atoms. The van der Waals surface area contributed by atoms with Crippen LogP contribution in [-0.4, -0.2) is 46.6 Å². The summed E-state index contributed by atoms with van der Waals surface area (Å²) in [6.07, 6.45) is -1.09. The molecule has 0 aromatic rings. The lowest BCUT2D eigenvalue weighted by Crippen LogP contribution is -2.28. The lowest BCUT2D eigenvalue weighted by atomic mass is 10.3. The molecular weight excluding hydrogens is 180 g/mol. The van der Waals surface area contributed by atoms with Crippen LogP contribution in [0.3, 0.4) is 0 Å². The van der Waals surface area contributed by atoms with Crippen LogP contribution in [0.2, 0.25) is 0 Å². The Hall–Kier alpha value is -1.14. The SMILES string of the molecule is O=C(O)CCCOC(CO)C(=O)O. The number of hydrogen-bond donors (Lipinski definition) is 3. The first kappa shape index (κ1) is 11.9. The molecule has 3 N–H and O–H groups in total. The first-order valence-corrected chi connectivity index (χ1v) is 3.75. The summed E-state index contributed by atoms with van der Waals surface area (Å²) < 4.78 is 4.69. The number of rotatable bonds is 7. The maximum absolute atomic E-state index is 10.3. The summed E-state index contributed by atoms with van der Waals surface area (Å²) in [6, 6.07) is 0. The summed E-state index contributed by atoms with van der Waals surface area (Å²) in [7, 11) is 0. The summed E-state index contributed by atoms with van der Waals surface area (Å²) in [6.45, 7) is -0.591. The number of ether oxygens (including phenoxy) is 1. The van der Waals surface area contributed by atoms with E-state index in [1.54, 1.807) is 0 Å². The zero-order valence-electron chi connectivity index (χ0n) is 6.97. The number of aliphatic carboxylic acids is 2. The Morgan fingerprint density at radius 2 is 1.92 bits per heavy atom. The average molecular weight is 192 g/mol. The number of carbonyl (C=O) groups is 2. The second-order valence-corrected chi connectivity index (χ2v) is 2.38. The van der Waals surface area contributed by atoms with Crippen LogP contribution in [0.1, 0.15) is 12.8 Å². The normalized spacial score (nSPS) is 12.4. The molecule has 0 radical (unpaired) electrons. The molecular formula is C7H12O6. The zero-order chi connectivity index (χ0) is 10.3. The Balaban J connectivity index is 3.50. The minimum absolute atomic E-state index is 0.0177. The van der Waals surface area contributed by atoms with Gasteiger partial charge in [0.1, 0.15) is 0 Å². The molecule has 0 aliphatic heterocycles. The summed E-state index contributed by atoms with van der Waals surface area (Å²) in [5.74, 6) is -2.21. The van der Waals surface area contributed by atoms with Crippen LogP contribution in [-0.2, 0) is 14.3 Å². The molecule has 76 valence electrons. The van der Waals surface area contributed by atoms with Crippen molar-refractivity contribution in [3.63, 3.8) is 0 Å². The van der Waals surface area contributed by atoms with Crippen LogP contribution in [0.4, 0.5) is 0 Å². The molecule has 0 heterocycles. The highest BCUT2D eigenvalue weighted by Crippen LogP contribution is 1.95. The van der Waals surface area contributed by atoms with Gasteiger partial charge in [-0.1, -0.05) is 0 Å². The van der Waals surface area contributed by atoms with Gasteiger partial charge < -0.3 is 20.1 Å². The molecule has 0 fully saturated rings. The van der Waals surface area contributed by atoms with Crippen molar-refractivity contribution in [2.75, 3.05) is 13.2 Å². The van der Waals surface area contributed by atoms with Crippen LogP contribution in [0, 0.1) is 0 Å². The minimum Gasteiger partial charge on any atom is -0.481 e. The number of aliphatic hydroxyl groups excluding tert-OH is 1. The van der Waals surface area contributed by atoms with Crippen molar-refractivity contribution in [2.45, 2.75) is 18.9 Å². The van der Waals surface area contributed by atoms with Crippen molar-refractivity contribution in [3.05, 3.63) is 0 Å². The monoisotopic (exact) mass is 192 g/mol. The minimum atomic E-state index is -1.26. The number of carboxylic acids is 2. The molecule has 1 unspecified atom stereocenters. The van der Waals surface area contributed by atoms with E-state index in [-0.39, 0.29) is 19.4 Å². The van der Waals surface area contributed by atoms with Crippen molar-refractivity contribution in [3.8, 4) is 0 Å². The van der Waals surface area contributed by atoms with Crippen molar-refractivity contribution < 1.29 is 29.6 Å². The van der Waals surface area contributed by atoms with Gasteiger partial charge in [0, 0.05) is 13.0 Å². The molecule has 1 atom stereocenters. The average Bonchev–Trinajstić information content (AvgIpc) is 2.03. The molecule has 0 aromatic carbocycles. The largest absolute Gasteiger partial charge is 0.481 e. The van der Waals surface area contributed by atoms with Gasteiger partial charge in [-0.2, -0.15) is 0 Å². The van der Waals surface area contributed by atoms with Gasteiger partial charge in [-0.15, -0.1) is 0 Å². The lowest BCUT2D eigenvalue weighted by Gasteiger charge is -2.09. The molecule has 0 aliphatic carbocycles. The summed E-state index contributed by atoms with van der Waals surface area (Å²) >= 11 is 0. The molecule has 0 aliphatic rings. The first-order valence-electron chi connectivity index (χ1n) is 3.75. The zero-order valence-corrected chi connectivity index (χ0v) is 6.97. The van der Waals surface area contributed by atoms with Gasteiger partial charge >= 0.3 is 11.9 Å². The molecule has 0 saturated heterocycles. The lowest BCUT2D eigenvalue weighted by molar-refractivity contribution is -0.153. The Labute approximate surface area is 74.7 Å². The number of carboxylic acid groups (broad SMARTS) is 2. The van der Waals surface area contributed by atoms with Crippen LogP contribution in [0.15, 0.2) is 0 Å². The smallest absolute Gasteiger partial charge is 0.335 e. The highest BCUT2D eigenvalue weighted by molar-refractivity contribution is 5.72. The predicted octanol–water partition coefficient (Wildman–Crippen LogP) is -0.687. The van der Waals surface area contributed by atoms with E-state index < -0.39 is 24.6 Å². The van der Waals surface area contributed by atoms with E-state index in [2.05, 4.69) is 0 Å². The van der Waals surface area contributed by atoms with E-state index in [1.165, 1.54) is 0 Å². The molecule has 13 heavy (non-hydrogen) atoms. The number of aliphatic hydroxyl groups is 1. The van der Waals surface area contributed by atoms with E-state index in [0.29, 0.717) is 0 Å². The van der Waals surface area contributed by atoms with Crippen LogP contribution >= 0.6 is 0 Å². The Morgan fingerprint density at radius 1 is 1.31 bits per heavy atom. The van der Waals surface area contributed by atoms with Crippen molar-refractivity contribution >= 4 is 11.9 Å². The standard InChI is InChI=1S/C7H12O6/c8-4-5(7(11)12)13-3-1-2-6(9)10/h5,8H,1-4H2,(H,9,10)(H,11,12). The van der Waals surface area contributed by atoms with E-state index in [4.69, 9.17) is 20.1 Å². The second-order valence-electron chi connectivity index (χ2n) is 2.38. The van der Waals surface area contributed by atoms with Crippen molar-refractivity contribution in [2.24, 2.45) is 0 Å². The first-order chi connectivity index (χ1) is 6.07. The maximum atomic E-state index is 10.3. The molecule has 6 nitrogen and oxygen atoms in total. The fourth-order valence-electron chi connectivity index (χ4n) is 0.651. The molecule has 0 aromatic heterocycles. The fourth-order valence-corrected chi connectivity index (χ4v) is 0.651. The molecule has 0 rings (SSSR count). The molecule has 0 saturated carbocycles. The Bertz CT molecular complexity index is 178. The van der Waals surface area contributed by atoms with Crippen LogP contribution < -0.4 is 0 Å². The van der Waals surface area contributed by atoms with E-state index >= 15 is 0 Å². The third-order valence-electron chi connectivity index (χ3n) is 1.30. The fraction of sp³-hybridized carbons (Fsp3) is 0.714. The second kappa shape index (κ2) is 6.38. The van der Waals surface area contributed by atoms with E-state index in [0.717, 1.165) is 0 Å². The maximum Gasteiger partial charge on any atom is 0.335 e. The number of hydrogen-bond acceptors (Lipinski definition) is 4. The molecule has 0 bridgehead atoms. The van der Waals surface area contributed by atoms with Gasteiger partial charge in [-0.05, 0) is 6.42 Å². The van der Waals surface area contributed by atoms with Gasteiger partial charge in [-0.25, -0.2) is 4.79 Å².